The highest BCUT2D eigenvalue weighted by Gasteiger charge is 2.17. The van der Waals surface area contributed by atoms with Crippen LogP contribution >= 0.6 is 0 Å². The molecule has 1 aromatic rings. The van der Waals surface area contributed by atoms with E-state index in [0.29, 0.717) is 6.54 Å². The van der Waals surface area contributed by atoms with Crippen molar-refractivity contribution in [3.8, 4) is 0 Å². The molecule has 19 heavy (non-hydrogen) atoms. The Bertz CT molecular complexity index is 412. The molecular formula is C14H23NO4. The Balaban J connectivity index is 2.71. The van der Waals surface area contributed by atoms with Crippen LogP contribution in [-0.4, -0.2) is 42.8 Å². The first-order chi connectivity index (χ1) is 8.97. The summed E-state index contributed by atoms with van der Waals surface area (Å²) in [7, 11) is 3.32. The van der Waals surface area contributed by atoms with Gasteiger partial charge >= 0.3 is 5.97 Å². The fourth-order valence-electron chi connectivity index (χ4n) is 1.88. The van der Waals surface area contributed by atoms with Gasteiger partial charge in [0.1, 0.15) is 5.76 Å². The second kappa shape index (κ2) is 7.31. The highest BCUT2D eigenvalue weighted by Crippen LogP contribution is 2.19. The van der Waals surface area contributed by atoms with Crippen LogP contribution in [0.3, 0.4) is 0 Å². The number of hydrogen-bond acceptors (Lipinski definition) is 5. The van der Waals surface area contributed by atoms with Gasteiger partial charge in [-0.25, -0.2) is 4.79 Å². The number of esters is 1. The quantitative estimate of drug-likeness (QED) is 0.765. The van der Waals surface area contributed by atoms with Crippen molar-refractivity contribution in [1.82, 2.24) is 4.90 Å². The molecule has 0 bridgehead atoms. The zero-order chi connectivity index (χ0) is 14.4. The van der Waals surface area contributed by atoms with Gasteiger partial charge in [-0.15, -0.1) is 0 Å². The number of nitrogens with zero attached hydrogens (tertiary/aromatic N) is 1. The molecule has 108 valence electrons. The summed E-state index contributed by atoms with van der Waals surface area (Å²) in [5.41, 5.74) is 0.996. The number of methoxy groups -OCH3 is 1. The minimum absolute atomic E-state index is 0.248. The molecule has 1 heterocycles. The Morgan fingerprint density at radius 1 is 1.58 bits per heavy atom. The van der Waals surface area contributed by atoms with Crippen molar-refractivity contribution in [3.63, 3.8) is 0 Å². The van der Waals surface area contributed by atoms with Crippen molar-refractivity contribution in [1.29, 1.82) is 0 Å². The van der Waals surface area contributed by atoms with Crippen LogP contribution < -0.4 is 0 Å². The van der Waals surface area contributed by atoms with E-state index in [-0.39, 0.29) is 11.9 Å². The summed E-state index contributed by atoms with van der Waals surface area (Å²) in [5, 5.41) is 9.27. The number of ether oxygens (including phenoxy) is 1. The van der Waals surface area contributed by atoms with Crippen LogP contribution in [0, 0.1) is 0 Å². The molecule has 0 saturated carbocycles. The number of aliphatic hydroxyl groups excluding tert-OH is 1. The Hall–Kier alpha value is -1.33. The minimum atomic E-state index is -0.451. The molecular weight excluding hydrogens is 246 g/mol. The van der Waals surface area contributed by atoms with Gasteiger partial charge < -0.3 is 19.2 Å². The minimum Gasteiger partial charge on any atom is -0.463 e. The fourth-order valence-corrected chi connectivity index (χ4v) is 1.88. The van der Waals surface area contributed by atoms with Crippen LogP contribution in [0.2, 0.25) is 0 Å². The molecule has 0 aliphatic heterocycles. The number of furan rings is 1. The normalized spacial score (nSPS) is 12.7. The summed E-state index contributed by atoms with van der Waals surface area (Å²) in [6.45, 7) is 5.24. The fraction of sp³-hybridized carbons (Fsp3) is 0.643. The van der Waals surface area contributed by atoms with Gasteiger partial charge in [0.05, 0.1) is 13.2 Å². The molecule has 0 spiro atoms. The SMILES string of the molecule is CCc1oc(C(=O)OC)cc1CN(C)CCC(C)O. The number of aryl methyl sites for hydroxylation is 1. The molecule has 0 aliphatic rings. The first-order valence-electron chi connectivity index (χ1n) is 6.54. The Morgan fingerprint density at radius 2 is 2.26 bits per heavy atom. The molecule has 0 saturated heterocycles. The van der Waals surface area contributed by atoms with E-state index in [1.807, 2.05) is 14.0 Å². The van der Waals surface area contributed by atoms with E-state index in [0.717, 1.165) is 30.7 Å². The molecule has 1 atom stereocenters. The average molecular weight is 269 g/mol. The van der Waals surface area contributed by atoms with Gasteiger partial charge in [0, 0.05) is 25.1 Å². The lowest BCUT2D eigenvalue weighted by molar-refractivity contribution is 0.0563. The Morgan fingerprint density at radius 3 is 2.79 bits per heavy atom. The largest absolute Gasteiger partial charge is 0.463 e. The van der Waals surface area contributed by atoms with Gasteiger partial charge in [0.15, 0.2) is 0 Å². The van der Waals surface area contributed by atoms with Gasteiger partial charge in [-0.3, -0.25) is 0 Å². The topological polar surface area (TPSA) is 62.9 Å². The molecule has 0 fully saturated rings. The lowest BCUT2D eigenvalue weighted by atomic mass is 10.2. The second-order valence-electron chi connectivity index (χ2n) is 4.78. The predicted octanol–water partition coefficient (Wildman–Crippen LogP) is 1.83. The zero-order valence-corrected chi connectivity index (χ0v) is 12.1. The lowest BCUT2D eigenvalue weighted by Crippen LogP contribution is -2.22. The van der Waals surface area contributed by atoms with Gasteiger partial charge in [-0.1, -0.05) is 6.92 Å². The summed E-state index contributed by atoms with van der Waals surface area (Å²) in [4.78, 5) is 13.5. The number of carbonyl (C=O) groups is 1. The van der Waals surface area contributed by atoms with Crippen molar-refractivity contribution < 1.29 is 19.1 Å². The highest BCUT2D eigenvalue weighted by atomic mass is 16.5. The summed E-state index contributed by atoms with van der Waals surface area (Å²) in [6, 6.07) is 1.74. The third-order valence-corrected chi connectivity index (χ3v) is 2.97. The van der Waals surface area contributed by atoms with Crippen LogP contribution in [0.1, 0.15) is 42.1 Å². The smallest absolute Gasteiger partial charge is 0.373 e. The average Bonchev–Trinajstić information content (AvgIpc) is 2.78. The number of carbonyl (C=O) groups excluding carboxylic acids is 1. The molecule has 1 N–H and O–H groups in total. The highest BCUT2D eigenvalue weighted by molar-refractivity contribution is 5.86. The summed E-state index contributed by atoms with van der Waals surface area (Å²) < 4.78 is 10.1. The van der Waals surface area contributed by atoms with E-state index in [4.69, 9.17) is 4.42 Å². The van der Waals surface area contributed by atoms with Crippen molar-refractivity contribution >= 4 is 5.97 Å². The monoisotopic (exact) mass is 269 g/mol. The number of hydrogen-bond donors (Lipinski definition) is 1. The van der Waals surface area contributed by atoms with Gasteiger partial charge in [0.2, 0.25) is 5.76 Å². The molecule has 0 radical (unpaired) electrons. The molecule has 0 amide bonds. The van der Waals surface area contributed by atoms with Gasteiger partial charge in [-0.05, 0) is 26.5 Å². The van der Waals surface area contributed by atoms with Crippen molar-refractivity contribution in [2.75, 3.05) is 20.7 Å². The van der Waals surface area contributed by atoms with E-state index >= 15 is 0 Å². The first-order valence-corrected chi connectivity index (χ1v) is 6.54. The maximum atomic E-state index is 11.4. The summed E-state index contributed by atoms with van der Waals surface area (Å²) in [6.07, 6.45) is 1.15. The van der Waals surface area contributed by atoms with Crippen LogP contribution in [0.15, 0.2) is 10.5 Å². The van der Waals surface area contributed by atoms with Gasteiger partial charge in [0.25, 0.3) is 0 Å². The van der Waals surface area contributed by atoms with Crippen LogP contribution in [0.4, 0.5) is 0 Å². The Kier molecular flexibility index (Phi) is 6.05. The summed E-state index contributed by atoms with van der Waals surface area (Å²) >= 11 is 0. The van der Waals surface area contributed by atoms with Crippen molar-refractivity contribution in [2.45, 2.75) is 39.3 Å². The first kappa shape index (κ1) is 15.7. The third-order valence-electron chi connectivity index (χ3n) is 2.97. The number of rotatable bonds is 7. The predicted molar refractivity (Wildman–Crippen MR) is 72.1 cm³/mol. The van der Waals surface area contributed by atoms with Crippen LogP contribution in [0.5, 0.6) is 0 Å². The standard InChI is InChI=1S/C14H23NO4/c1-5-12-11(8-13(19-12)14(17)18-4)9-15(3)7-6-10(2)16/h8,10,16H,5-7,9H2,1-4H3. The molecule has 0 aliphatic carbocycles. The molecule has 1 unspecified atom stereocenters. The van der Waals surface area contributed by atoms with Crippen molar-refractivity contribution in [2.24, 2.45) is 0 Å². The number of aliphatic hydroxyl groups is 1. The molecule has 1 aromatic heterocycles. The van der Waals surface area contributed by atoms with Crippen LogP contribution in [0.25, 0.3) is 0 Å². The molecule has 5 nitrogen and oxygen atoms in total. The molecule has 1 rings (SSSR count). The Labute approximate surface area is 114 Å². The maximum Gasteiger partial charge on any atom is 0.373 e. The van der Waals surface area contributed by atoms with E-state index in [2.05, 4.69) is 9.64 Å². The van der Waals surface area contributed by atoms with Gasteiger partial charge in [-0.2, -0.15) is 0 Å². The van der Waals surface area contributed by atoms with E-state index in [1.165, 1.54) is 7.11 Å². The zero-order valence-electron chi connectivity index (χ0n) is 12.1. The second-order valence-corrected chi connectivity index (χ2v) is 4.78. The van der Waals surface area contributed by atoms with E-state index in [9.17, 15) is 9.90 Å². The van der Waals surface area contributed by atoms with Crippen molar-refractivity contribution in [3.05, 3.63) is 23.2 Å². The molecule has 5 heteroatoms. The maximum absolute atomic E-state index is 11.4. The molecule has 0 aromatic carbocycles. The van der Waals surface area contributed by atoms with Crippen LogP contribution in [-0.2, 0) is 17.7 Å². The lowest BCUT2D eigenvalue weighted by Gasteiger charge is -2.17. The van der Waals surface area contributed by atoms with E-state index in [1.54, 1.807) is 13.0 Å². The third kappa shape index (κ3) is 4.69. The summed E-state index contributed by atoms with van der Waals surface area (Å²) in [5.74, 6) is 0.607. The van der Waals surface area contributed by atoms with E-state index < -0.39 is 5.97 Å².